The number of ether oxygens (including phenoxy) is 4. The molecule has 184 valence electrons. The first kappa shape index (κ1) is 24.1. The number of carbonyl (C=O) groups excluding carboxylic acids is 1. The third kappa shape index (κ3) is 5.73. The number of aromatic nitrogens is 2. The minimum Gasteiger partial charge on any atom is -0.474 e. The predicted octanol–water partition coefficient (Wildman–Crippen LogP) is 2.89. The van der Waals surface area contributed by atoms with E-state index in [2.05, 4.69) is 9.97 Å². The molecule has 1 aromatic heterocycles. The van der Waals surface area contributed by atoms with E-state index in [-0.39, 0.29) is 34.8 Å². The summed E-state index contributed by atoms with van der Waals surface area (Å²) in [7, 11) is -3.54. The summed E-state index contributed by atoms with van der Waals surface area (Å²) in [6.07, 6.45) is 3.45. The Morgan fingerprint density at radius 3 is 2.53 bits per heavy atom. The number of benzene rings is 1. The Morgan fingerprint density at radius 1 is 1.15 bits per heavy atom. The number of nitrogens with zero attached hydrogens (tertiary/aromatic N) is 3. The van der Waals surface area contributed by atoms with E-state index in [0.29, 0.717) is 57.0 Å². The number of carbonyl (C=O) groups is 1. The van der Waals surface area contributed by atoms with Crippen LogP contribution in [0.3, 0.4) is 0 Å². The molecule has 12 heteroatoms. The lowest BCUT2D eigenvalue weighted by atomic mass is 10.1. The van der Waals surface area contributed by atoms with E-state index in [1.807, 2.05) is 0 Å². The summed E-state index contributed by atoms with van der Waals surface area (Å²) in [6.45, 7) is 3.71. The van der Waals surface area contributed by atoms with Crippen LogP contribution < -0.4 is 9.47 Å². The molecule has 0 spiro atoms. The third-order valence-corrected chi connectivity index (χ3v) is 6.77. The van der Waals surface area contributed by atoms with Crippen molar-refractivity contribution in [2.75, 3.05) is 32.6 Å². The molecule has 0 unspecified atom stereocenters. The third-order valence-electron chi connectivity index (χ3n) is 5.66. The number of hydrogen-bond acceptors (Lipinski definition) is 9. The summed E-state index contributed by atoms with van der Waals surface area (Å²) in [4.78, 5) is 22.0. The van der Waals surface area contributed by atoms with Crippen LogP contribution in [-0.4, -0.2) is 74.1 Å². The fraction of sp³-hybridized carbons (Fsp3) is 0.500. The summed E-state index contributed by atoms with van der Waals surface area (Å²) in [5.74, 6) is -0.607. The van der Waals surface area contributed by atoms with Crippen molar-refractivity contribution in [3.8, 4) is 17.5 Å². The summed E-state index contributed by atoms with van der Waals surface area (Å²) in [5, 5.41) is 0. The molecule has 2 saturated heterocycles. The van der Waals surface area contributed by atoms with Crippen molar-refractivity contribution in [2.24, 2.45) is 0 Å². The predicted molar refractivity (Wildman–Crippen MR) is 117 cm³/mol. The van der Waals surface area contributed by atoms with Gasteiger partial charge in [-0.15, -0.1) is 0 Å². The van der Waals surface area contributed by atoms with Gasteiger partial charge in [-0.05, 0) is 25.1 Å². The number of rotatable bonds is 6. The van der Waals surface area contributed by atoms with Gasteiger partial charge in [-0.25, -0.2) is 27.6 Å². The standard InChI is InChI=1S/C22H26FN3O7S/c1-14-20(31-15-5-8-26(9-6-15)22(27)32-16-7-10-30-12-16)24-13-25-21(14)33-19-4-3-17(11-18(19)23)34(2,28)29/h3-4,11,13,15-16H,5-10,12H2,1-2H3/t16-/m0/s1. The van der Waals surface area contributed by atoms with Gasteiger partial charge in [0.15, 0.2) is 21.4 Å². The first-order valence-electron chi connectivity index (χ1n) is 10.9. The minimum absolute atomic E-state index is 0.0933. The Hall–Kier alpha value is -2.99. The number of piperidine rings is 1. The van der Waals surface area contributed by atoms with Gasteiger partial charge in [-0.1, -0.05) is 0 Å². The highest BCUT2D eigenvalue weighted by molar-refractivity contribution is 7.90. The summed E-state index contributed by atoms with van der Waals surface area (Å²) in [5.41, 5.74) is 0.470. The minimum atomic E-state index is -3.54. The molecule has 4 rings (SSSR count). The summed E-state index contributed by atoms with van der Waals surface area (Å²) < 4.78 is 59.9. The van der Waals surface area contributed by atoms with Crippen LogP contribution >= 0.6 is 0 Å². The average molecular weight is 496 g/mol. The van der Waals surface area contributed by atoms with Gasteiger partial charge in [0.05, 0.1) is 23.7 Å². The molecule has 10 nitrogen and oxygen atoms in total. The van der Waals surface area contributed by atoms with E-state index in [9.17, 15) is 17.6 Å². The van der Waals surface area contributed by atoms with Crippen molar-refractivity contribution < 1.29 is 36.6 Å². The van der Waals surface area contributed by atoms with Gasteiger partial charge >= 0.3 is 6.09 Å². The highest BCUT2D eigenvalue weighted by atomic mass is 32.2. The first-order valence-corrected chi connectivity index (χ1v) is 12.8. The van der Waals surface area contributed by atoms with Gasteiger partial charge in [0.2, 0.25) is 11.8 Å². The van der Waals surface area contributed by atoms with Crippen molar-refractivity contribution in [2.45, 2.75) is 43.3 Å². The van der Waals surface area contributed by atoms with Crippen LogP contribution in [0, 0.1) is 12.7 Å². The molecule has 0 saturated carbocycles. The molecule has 2 aromatic rings. The van der Waals surface area contributed by atoms with Gasteiger partial charge in [-0.2, -0.15) is 0 Å². The molecule has 2 fully saturated rings. The number of likely N-dealkylation sites (tertiary alicyclic amines) is 1. The zero-order chi connectivity index (χ0) is 24.3. The second kappa shape index (κ2) is 10.1. The molecule has 1 amide bonds. The molecule has 1 aromatic carbocycles. The zero-order valence-corrected chi connectivity index (χ0v) is 19.7. The number of hydrogen-bond donors (Lipinski definition) is 0. The summed E-state index contributed by atoms with van der Waals surface area (Å²) >= 11 is 0. The fourth-order valence-corrected chi connectivity index (χ4v) is 4.31. The second-order valence-corrected chi connectivity index (χ2v) is 10.3. The van der Waals surface area contributed by atoms with Crippen molar-refractivity contribution in [3.63, 3.8) is 0 Å². The monoisotopic (exact) mass is 495 g/mol. The summed E-state index contributed by atoms with van der Waals surface area (Å²) in [6, 6.07) is 3.40. The smallest absolute Gasteiger partial charge is 0.410 e. The van der Waals surface area contributed by atoms with Crippen LogP contribution in [0.1, 0.15) is 24.8 Å². The van der Waals surface area contributed by atoms with Crippen molar-refractivity contribution in [1.29, 1.82) is 0 Å². The van der Waals surface area contributed by atoms with Crippen LogP contribution in [0.2, 0.25) is 0 Å². The molecule has 1 atom stereocenters. The number of halogens is 1. The topological polar surface area (TPSA) is 117 Å². The van der Waals surface area contributed by atoms with Crippen LogP contribution in [-0.2, 0) is 19.3 Å². The zero-order valence-electron chi connectivity index (χ0n) is 18.9. The van der Waals surface area contributed by atoms with Crippen molar-refractivity contribution >= 4 is 15.9 Å². The normalized spacial score (nSPS) is 19.1. The molecule has 0 bridgehead atoms. The maximum atomic E-state index is 14.4. The van der Waals surface area contributed by atoms with E-state index < -0.39 is 15.7 Å². The van der Waals surface area contributed by atoms with Crippen LogP contribution in [0.25, 0.3) is 0 Å². The van der Waals surface area contributed by atoms with E-state index >= 15 is 0 Å². The molecule has 0 radical (unpaired) electrons. The van der Waals surface area contributed by atoms with E-state index in [4.69, 9.17) is 18.9 Å². The van der Waals surface area contributed by atoms with Gasteiger partial charge in [-0.3, -0.25) is 0 Å². The van der Waals surface area contributed by atoms with Crippen molar-refractivity contribution in [1.82, 2.24) is 14.9 Å². The average Bonchev–Trinajstić information content (AvgIpc) is 3.30. The highest BCUT2D eigenvalue weighted by Gasteiger charge is 2.29. The van der Waals surface area contributed by atoms with Crippen molar-refractivity contribution in [3.05, 3.63) is 35.9 Å². The molecule has 0 N–H and O–H groups in total. The van der Waals surface area contributed by atoms with Gasteiger partial charge in [0, 0.05) is 38.6 Å². The number of amides is 1. The second-order valence-electron chi connectivity index (χ2n) is 8.25. The molecule has 2 aliphatic heterocycles. The lowest BCUT2D eigenvalue weighted by Gasteiger charge is -2.32. The maximum absolute atomic E-state index is 14.4. The van der Waals surface area contributed by atoms with E-state index in [1.54, 1.807) is 11.8 Å². The van der Waals surface area contributed by atoms with Crippen LogP contribution in [0.15, 0.2) is 29.4 Å². The van der Waals surface area contributed by atoms with Gasteiger partial charge in [0.25, 0.3) is 0 Å². The lowest BCUT2D eigenvalue weighted by molar-refractivity contribution is 0.0365. The SMILES string of the molecule is Cc1c(Oc2ccc(S(C)(=O)=O)cc2F)ncnc1OC1CCN(C(=O)O[C@H]2CCOC2)CC1. The fourth-order valence-electron chi connectivity index (χ4n) is 3.68. The molecule has 2 aliphatic rings. The van der Waals surface area contributed by atoms with E-state index in [0.717, 1.165) is 12.3 Å². The Bertz CT molecular complexity index is 1150. The van der Waals surface area contributed by atoms with Gasteiger partial charge < -0.3 is 23.8 Å². The molecule has 3 heterocycles. The molecule has 34 heavy (non-hydrogen) atoms. The lowest BCUT2D eigenvalue weighted by Crippen LogP contribution is -2.43. The largest absolute Gasteiger partial charge is 0.474 e. The Morgan fingerprint density at radius 2 is 1.88 bits per heavy atom. The molecule has 0 aliphatic carbocycles. The first-order chi connectivity index (χ1) is 16.2. The Balaban J connectivity index is 1.36. The highest BCUT2D eigenvalue weighted by Crippen LogP contribution is 2.31. The quantitative estimate of drug-likeness (QED) is 0.596. The van der Waals surface area contributed by atoms with Gasteiger partial charge in [0.1, 0.15) is 18.5 Å². The Kier molecular flexibility index (Phi) is 7.17. The van der Waals surface area contributed by atoms with Crippen LogP contribution in [0.4, 0.5) is 9.18 Å². The number of sulfone groups is 1. The molecular formula is C22H26FN3O7S. The molecular weight excluding hydrogens is 469 g/mol. The maximum Gasteiger partial charge on any atom is 0.410 e. The van der Waals surface area contributed by atoms with E-state index in [1.165, 1.54) is 18.5 Å². The Labute approximate surface area is 196 Å². The van der Waals surface area contributed by atoms with Crippen LogP contribution in [0.5, 0.6) is 17.5 Å².